The highest BCUT2D eigenvalue weighted by Gasteiger charge is 2.29. The molecule has 0 spiro atoms. The number of allylic oxidation sites excluding steroid dienone is 4. The van der Waals surface area contributed by atoms with Crippen molar-refractivity contribution in [1.82, 2.24) is 0 Å². The summed E-state index contributed by atoms with van der Waals surface area (Å²) < 4.78 is 59.8. The third kappa shape index (κ3) is 5.82. The number of benzene rings is 3. The molecule has 0 radical (unpaired) electrons. The zero-order chi connectivity index (χ0) is 28.2. The minimum Gasteiger partial charge on any atom is -0.203 e. The molecule has 1 unspecified atom stereocenters. The fourth-order valence-corrected chi connectivity index (χ4v) is 6.73. The minimum absolute atomic E-state index is 0.152. The number of rotatable bonds is 7. The van der Waals surface area contributed by atoms with E-state index in [4.69, 9.17) is 0 Å². The van der Waals surface area contributed by atoms with Gasteiger partial charge < -0.3 is 0 Å². The Morgan fingerprint density at radius 3 is 1.82 bits per heavy atom. The smallest absolute Gasteiger partial charge is 0.167 e. The monoisotopic (exact) mass is 546 g/mol. The van der Waals surface area contributed by atoms with Gasteiger partial charge in [0.15, 0.2) is 23.3 Å². The summed E-state index contributed by atoms with van der Waals surface area (Å²) in [6.45, 7) is 4.00. The van der Waals surface area contributed by atoms with Crippen LogP contribution in [-0.2, 0) is 6.42 Å². The van der Waals surface area contributed by atoms with Crippen molar-refractivity contribution in [3.8, 4) is 22.3 Å². The van der Waals surface area contributed by atoms with Gasteiger partial charge in [0.1, 0.15) is 0 Å². The molecule has 0 saturated heterocycles. The second-order valence-corrected chi connectivity index (χ2v) is 11.5. The fourth-order valence-electron chi connectivity index (χ4n) is 6.73. The number of halogens is 4. The number of hydrogen-bond acceptors (Lipinski definition) is 0. The van der Waals surface area contributed by atoms with Crippen LogP contribution in [0.15, 0.2) is 66.8 Å². The van der Waals surface area contributed by atoms with E-state index in [-0.39, 0.29) is 11.1 Å². The Morgan fingerprint density at radius 1 is 0.675 bits per heavy atom. The molecular weight excluding hydrogens is 508 g/mol. The molecule has 5 rings (SSSR count). The van der Waals surface area contributed by atoms with Crippen LogP contribution in [0.2, 0.25) is 0 Å². The van der Waals surface area contributed by atoms with Gasteiger partial charge in [-0.05, 0) is 98.3 Å². The molecule has 0 bridgehead atoms. The van der Waals surface area contributed by atoms with Crippen molar-refractivity contribution >= 4 is 5.57 Å². The molecule has 210 valence electrons. The Bertz CT molecular complexity index is 1390. The van der Waals surface area contributed by atoms with E-state index in [1.165, 1.54) is 25.7 Å². The number of aryl methyl sites for hydroxylation is 1. The molecule has 2 aliphatic carbocycles. The van der Waals surface area contributed by atoms with Crippen LogP contribution in [0.1, 0.15) is 76.3 Å². The minimum atomic E-state index is -0.885. The van der Waals surface area contributed by atoms with Gasteiger partial charge in [-0.15, -0.1) is 0 Å². The van der Waals surface area contributed by atoms with Crippen molar-refractivity contribution in [2.75, 3.05) is 0 Å². The van der Waals surface area contributed by atoms with Crippen LogP contribution in [0.3, 0.4) is 0 Å². The molecule has 2 aliphatic rings. The topological polar surface area (TPSA) is 0 Å². The molecule has 3 aromatic rings. The van der Waals surface area contributed by atoms with Crippen LogP contribution in [0.5, 0.6) is 0 Å². The van der Waals surface area contributed by atoms with Crippen molar-refractivity contribution in [3.63, 3.8) is 0 Å². The normalized spacial score (nSPS) is 21.6. The van der Waals surface area contributed by atoms with Crippen LogP contribution in [-0.4, -0.2) is 0 Å². The molecule has 0 aliphatic heterocycles. The lowest BCUT2D eigenvalue weighted by atomic mass is 9.71. The van der Waals surface area contributed by atoms with Crippen molar-refractivity contribution in [3.05, 3.63) is 101 Å². The summed E-state index contributed by atoms with van der Waals surface area (Å²) in [6.07, 6.45) is 15.5. The second-order valence-electron chi connectivity index (χ2n) is 11.5. The molecule has 1 saturated carbocycles. The van der Waals surface area contributed by atoms with Gasteiger partial charge in [0.25, 0.3) is 0 Å². The summed E-state index contributed by atoms with van der Waals surface area (Å²) in [5, 5.41) is 0. The largest absolute Gasteiger partial charge is 0.203 e. The fraction of sp³-hybridized carbons (Fsp3) is 0.389. The first-order valence-corrected chi connectivity index (χ1v) is 14.8. The zero-order valence-electron chi connectivity index (χ0n) is 23.5. The molecule has 0 amide bonds. The molecule has 0 aromatic heterocycles. The van der Waals surface area contributed by atoms with Gasteiger partial charge in [0, 0.05) is 16.7 Å². The van der Waals surface area contributed by atoms with E-state index in [1.54, 1.807) is 48.5 Å². The van der Waals surface area contributed by atoms with Crippen LogP contribution in [0.4, 0.5) is 17.6 Å². The lowest BCUT2D eigenvalue weighted by molar-refractivity contribution is 0.212. The van der Waals surface area contributed by atoms with Crippen LogP contribution in [0.25, 0.3) is 27.8 Å². The lowest BCUT2D eigenvalue weighted by Crippen LogP contribution is -2.22. The predicted molar refractivity (Wildman–Crippen MR) is 157 cm³/mol. The Hall–Kier alpha value is -3.14. The summed E-state index contributed by atoms with van der Waals surface area (Å²) in [5.41, 5.74) is 2.87. The molecule has 1 fully saturated rings. The van der Waals surface area contributed by atoms with E-state index in [0.29, 0.717) is 40.5 Å². The second kappa shape index (κ2) is 12.6. The van der Waals surface area contributed by atoms with Crippen molar-refractivity contribution in [1.29, 1.82) is 0 Å². The molecule has 3 aromatic carbocycles. The standard InChI is InChI=1S/C36H38F4/c1-3-5-23-7-9-24(10-8-23)25-11-13-26(14-12-25)31-21-22-32(36(40)35(31)39)28-17-15-27(16-18-28)30-20-19-29(6-4-2)33(37)34(30)38/h3,5,13,15-25H,4,6-12,14H2,1-2H3/b5-3+. The first-order valence-electron chi connectivity index (χ1n) is 14.8. The van der Waals surface area contributed by atoms with E-state index in [2.05, 4.69) is 25.2 Å². The van der Waals surface area contributed by atoms with Gasteiger partial charge in [-0.1, -0.05) is 80.1 Å². The molecule has 40 heavy (non-hydrogen) atoms. The number of hydrogen-bond donors (Lipinski definition) is 0. The average Bonchev–Trinajstić information content (AvgIpc) is 2.98. The van der Waals surface area contributed by atoms with E-state index in [0.717, 1.165) is 37.2 Å². The lowest BCUT2D eigenvalue weighted by Gasteiger charge is -2.35. The highest BCUT2D eigenvalue weighted by atomic mass is 19.2. The third-order valence-corrected chi connectivity index (χ3v) is 9.02. The van der Waals surface area contributed by atoms with Crippen molar-refractivity contribution in [2.24, 2.45) is 17.8 Å². The van der Waals surface area contributed by atoms with E-state index in [9.17, 15) is 8.78 Å². The molecular formula is C36H38F4. The van der Waals surface area contributed by atoms with Crippen molar-refractivity contribution in [2.45, 2.75) is 71.6 Å². The maximum absolute atomic E-state index is 15.3. The highest BCUT2D eigenvalue weighted by Crippen LogP contribution is 2.42. The predicted octanol–water partition coefficient (Wildman–Crippen LogP) is 11.1. The third-order valence-electron chi connectivity index (χ3n) is 9.02. The summed E-state index contributed by atoms with van der Waals surface area (Å²) >= 11 is 0. The molecule has 1 atom stereocenters. The van der Waals surface area contributed by atoms with Gasteiger partial charge in [0.05, 0.1) is 0 Å². The van der Waals surface area contributed by atoms with Crippen LogP contribution < -0.4 is 0 Å². The van der Waals surface area contributed by atoms with Gasteiger partial charge in [-0.25, -0.2) is 17.6 Å². The van der Waals surface area contributed by atoms with E-state index < -0.39 is 23.3 Å². The first-order chi connectivity index (χ1) is 19.4. The SMILES string of the molecule is C/C=C/C1CCC(C2CC=C(c3ccc(-c4ccc(-c5ccc(CCC)c(F)c5F)cc4)c(F)c3F)CC2)CC1. The molecule has 4 heteroatoms. The highest BCUT2D eigenvalue weighted by molar-refractivity contribution is 5.74. The Labute approximate surface area is 235 Å². The van der Waals surface area contributed by atoms with Gasteiger partial charge >= 0.3 is 0 Å². The maximum Gasteiger partial charge on any atom is 0.167 e. The van der Waals surface area contributed by atoms with Gasteiger partial charge in [0.2, 0.25) is 0 Å². The van der Waals surface area contributed by atoms with Crippen LogP contribution >= 0.6 is 0 Å². The Kier molecular flexibility index (Phi) is 8.93. The van der Waals surface area contributed by atoms with E-state index in [1.807, 2.05) is 6.92 Å². The first kappa shape index (κ1) is 28.4. The van der Waals surface area contributed by atoms with Crippen LogP contribution in [0, 0.1) is 41.0 Å². The average molecular weight is 547 g/mol. The summed E-state index contributed by atoms with van der Waals surface area (Å²) in [7, 11) is 0. The molecule has 0 N–H and O–H groups in total. The zero-order valence-corrected chi connectivity index (χ0v) is 23.5. The summed E-state index contributed by atoms with van der Waals surface area (Å²) in [5.74, 6) is -1.34. The van der Waals surface area contributed by atoms with E-state index >= 15 is 8.78 Å². The van der Waals surface area contributed by atoms with Gasteiger partial charge in [-0.2, -0.15) is 0 Å². The van der Waals surface area contributed by atoms with Gasteiger partial charge in [-0.3, -0.25) is 0 Å². The Morgan fingerprint density at radius 2 is 1.25 bits per heavy atom. The summed E-state index contributed by atoms with van der Waals surface area (Å²) in [6, 6.07) is 13.0. The molecule has 0 nitrogen and oxygen atoms in total. The molecule has 0 heterocycles. The quantitative estimate of drug-likeness (QED) is 0.204. The summed E-state index contributed by atoms with van der Waals surface area (Å²) in [4.78, 5) is 0. The Balaban J connectivity index is 1.30. The van der Waals surface area contributed by atoms with Crippen molar-refractivity contribution < 1.29 is 17.6 Å². The maximum atomic E-state index is 15.3.